The zero-order valence-corrected chi connectivity index (χ0v) is 14.7. The molecular formula is C13H28O4SSi. The van der Waals surface area contributed by atoms with Gasteiger partial charge in [-0.15, -0.1) is 0 Å². The molecule has 19 heavy (non-hydrogen) atoms. The molecule has 0 rings (SSSR count). The van der Waals surface area contributed by atoms with Crippen LogP contribution in [0.2, 0.25) is 6.04 Å². The summed E-state index contributed by atoms with van der Waals surface area (Å²) in [6.07, 6.45) is 5.85. The summed E-state index contributed by atoms with van der Waals surface area (Å²) < 4.78 is 21.6. The Balaban J connectivity index is 3.62. The predicted molar refractivity (Wildman–Crippen MR) is 83.5 cm³/mol. The molecule has 0 radical (unpaired) electrons. The molecule has 0 aliphatic carbocycles. The molecule has 0 fully saturated rings. The molecule has 0 N–H and O–H groups in total. The summed E-state index contributed by atoms with van der Waals surface area (Å²) in [5.41, 5.74) is 0. The molecule has 0 aromatic carbocycles. The van der Waals surface area contributed by atoms with Crippen molar-refractivity contribution < 1.29 is 18.0 Å². The number of ether oxygens (including phenoxy) is 1. The summed E-state index contributed by atoms with van der Waals surface area (Å²) >= 11 is 4.91. The fourth-order valence-electron chi connectivity index (χ4n) is 2.03. The number of rotatable bonds is 11. The fraction of sp³-hybridized carbons (Fsp3) is 0.923. The maximum absolute atomic E-state index is 5.44. The molecule has 4 nitrogen and oxygen atoms in total. The molecule has 0 heterocycles. The molecule has 0 saturated heterocycles. The fourth-order valence-corrected chi connectivity index (χ4v) is 3.98. The Kier molecular flexibility index (Phi) is 10.7. The standard InChI is InChI=1S/C13H28O4SSi/c1-12(17-13(2)18)10-8-6-7-9-11-19(14-3,15-4)16-5/h12H,6-11H2,1-5H3. The van der Waals surface area contributed by atoms with Crippen LogP contribution in [-0.4, -0.2) is 41.3 Å². The van der Waals surface area contributed by atoms with E-state index in [1.54, 1.807) is 21.3 Å². The molecule has 0 amide bonds. The smallest absolute Gasteiger partial charge is 0.485 e. The van der Waals surface area contributed by atoms with Crippen LogP contribution in [0.15, 0.2) is 0 Å². The Morgan fingerprint density at radius 1 is 1.00 bits per heavy atom. The highest BCUT2D eigenvalue weighted by Crippen LogP contribution is 2.18. The summed E-state index contributed by atoms with van der Waals surface area (Å²) in [6.45, 7) is 3.88. The zero-order valence-electron chi connectivity index (χ0n) is 12.9. The van der Waals surface area contributed by atoms with Crippen molar-refractivity contribution in [3.8, 4) is 0 Å². The quantitative estimate of drug-likeness (QED) is 0.331. The van der Waals surface area contributed by atoms with Gasteiger partial charge in [0, 0.05) is 34.3 Å². The Hall–Kier alpha value is -0.0131. The van der Waals surface area contributed by atoms with E-state index < -0.39 is 8.80 Å². The highest BCUT2D eigenvalue weighted by Gasteiger charge is 2.36. The second-order valence-electron chi connectivity index (χ2n) is 4.67. The minimum absolute atomic E-state index is 0.225. The van der Waals surface area contributed by atoms with E-state index in [0.717, 1.165) is 31.7 Å². The lowest BCUT2D eigenvalue weighted by Crippen LogP contribution is -2.42. The lowest BCUT2D eigenvalue weighted by Gasteiger charge is -2.24. The Bertz CT molecular complexity index is 239. The molecule has 0 aromatic rings. The monoisotopic (exact) mass is 308 g/mol. The lowest BCUT2D eigenvalue weighted by atomic mass is 10.1. The maximum Gasteiger partial charge on any atom is 0.500 e. The van der Waals surface area contributed by atoms with Crippen molar-refractivity contribution in [3.63, 3.8) is 0 Å². The van der Waals surface area contributed by atoms with Gasteiger partial charge in [-0.3, -0.25) is 0 Å². The van der Waals surface area contributed by atoms with Gasteiger partial charge in [-0.2, -0.15) is 0 Å². The van der Waals surface area contributed by atoms with Crippen LogP contribution in [0.5, 0.6) is 0 Å². The van der Waals surface area contributed by atoms with E-state index >= 15 is 0 Å². The summed E-state index contributed by atoms with van der Waals surface area (Å²) in [7, 11) is 2.61. The van der Waals surface area contributed by atoms with E-state index in [2.05, 4.69) is 6.92 Å². The average molecular weight is 309 g/mol. The second-order valence-corrected chi connectivity index (χ2v) is 8.33. The SMILES string of the molecule is CO[Si](CCCCCCC(C)OC(C)=S)(OC)OC. The van der Waals surface area contributed by atoms with Gasteiger partial charge in [-0.1, -0.05) is 12.8 Å². The highest BCUT2D eigenvalue weighted by atomic mass is 32.1. The van der Waals surface area contributed by atoms with Crippen molar-refractivity contribution in [2.45, 2.75) is 58.1 Å². The van der Waals surface area contributed by atoms with Gasteiger partial charge in [0.2, 0.25) is 0 Å². The van der Waals surface area contributed by atoms with Gasteiger partial charge in [0.1, 0.15) is 0 Å². The van der Waals surface area contributed by atoms with E-state index in [4.69, 9.17) is 30.2 Å². The molecule has 0 saturated carbocycles. The van der Waals surface area contributed by atoms with Crippen molar-refractivity contribution in [3.05, 3.63) is 0 Å². The zero-order chi connectivity index (χ0) is 14.7. The van der Waals surface area contributed by atoms with Crippen molar-refractivity contribution >= 4 is 26.1 Å². The topological polar surface area (TPSA) is 36.9 Å². The summed E-state index contributed by atoms with van der Waals surface area (Å²) in [5, 5.41) is 0.628. The molecule has 1 unspecified atom stereocenters. The van der Waals surface area contributed by atoms with Gasteiger partial charge in [0.05, 0.1) is 6.10 Å². The van der Waals surface area contributed by atoms with Gasteiger partial charge in [0.15, 0.2) is 5.05 Å². The number of hydrogen-bond acceptors (Lipinski definition) is 5. The van der Waals surface area contributed by atoms with Crippen LogP contribution in [0.4, 0.5) is 0 Å². The van der Waals surface area contributed by atoms with Crippen molar-refractivity contribution in [1.29, 1.82) is 0 Å². The molecule has 6 heteroatoms. The molecule has 0 spiro atoms. The number of unbranched alkanes of at least 4 members (excludes halogenated alkanes) is 3. The predicted octanol–water partition coefficient (Wildman–Crippen LogP) is 3.57. The van der Waals surface area contributed by atoms with Crippen LogP contribution < -0.4 is 0 Å². The van der Waals surface area contributed by atoms with Gasteiger partial charge >= 0.3 is 8.80 Å². The van der Waals surface area contributed by atoms with Gasteiger partial charge in [-0.25, -0.2) is 0 Å². The minimum Gasteiger partial charge on any atom is -0.485 e. The Morgan fingerprint density at radius 3 is 2.00 bits per heavy atom. The number of hydrogen-bond donors (Lipinski definition) is 0. The summed E-state index contributed by atoms with van der Waals surface area (Å²) in [4.78, 5) is 0. The van der Waals surface area contributed by atoms with E-state index in [1.807, 2.05) is 6.92 Å². The first-order valence-corrected chi connectivity index (χ1v) is 9.16. The lowest BCUT2D eigenvalue weighted by molar-refractivity contribution is 0.122. The third-order valence-corrected chi connectivity index (χ3v) is 6.07. The first-order valence-electron chi connectivity index (χ1n) is 6.82. The number of thiocarbonyl (C=S) groups is 1. The normalized spacial score (nSPS) is 13.3. The van der Waals surface area contributed by atoms with Crippen LogP contribution >= 0.6 is 12.2 Å². The minimum atomic E-state index is -2.36. The highest BCUT2D eigenvalue weighted by molar-refractivity contribution is 7.80. The second kappa shape index (κ2) is 10.7. The van der Waals surface area contributed by atoms with E-state index in [1.165, 1.54) is 6.42 Å². The van der Waals surface area contributed by atoms with Crippen molar-refractivity contribution in [2.75, 3.05) is 21.3 Å². The molecule has 0 aliphatic heterocycles. The molecule has 0 aliphatic rings. The van der Waals surface area contributed by atoms with Gasteiger partial charge < -0.3 is 18.0 Å². The first kappa shape index (κ1) is 19.0. The van der Waals surface area contributed by atoms with Crippen LogP contribution in [0.3, 0.4) is 0 Å². The average Bonchev–Trinajstić information content (AvgIpc) is 2.38. The van der Waals surface area contributed by atoms with Gasteiger partial charge in [0.25, 0.3) is 0 Å². The largest absolute Gasteiger partial charge is 0.500 e. The molecule has 0 aromatic heterocycles. The van der Waals surface area contributed by atoms with Crippen LogP contribution in [-0.2, 0) is 18.0 Å². The van der Waals surface area contributed by atoms with Crippen LogP contribution in [0.1, 0.15) is 46.0 Å². The van der Waals surface area contributed by atoms with E-state index in [-0.39, 0.29) is 6.10 Å². The Labute approximate surface area is 124 Å². The summed E-state index contributed by atoms with van der Waals surface area (Å²) in [5.74, 6) is 0. The molecule has 114 valence electrons. The third-order valence-electron chi connectivity index (χ3n) is 3.14. The molecule has 1 atom stereocenters. The van der Waals surface area contributed by atoms with E-state index in [0.29, 0.717) is 5.05 Å². The molecule has 0 bridgehead atoms. The summed E-state index contributed by atoms with van der Waals surface area (Å²) in [6, 6.07) is 0.877. The van der Waals surface area contributed by atoms with Gasteiger partial charge in [-0.05, 0) is 38.4 Å². The third kappa shape index (κ3) is 8.70. The van der Waals surface area contributed by atoms with Crippen LogP contribution in [0, 0.1) is 0 Å². The van der Waals surface area contributed by atoms with E-state index in [9.17, 15) is 0 Å². The van der Waals surface area contributed by atoms with Crippen LogP contribution in [0.25, 0.3) is 0 Å². The molecular weight excluding hydrogens is 280 g/mol. The van der Waals surface area contributed by atoms with Crippen molar-refractivity contribution in [1.82, 2.24) is 0 Å². The maximum atomic E-state index is 5.44. The Morgan fingerprint density at radius 2 is 1.53 bits per heavy atom. The first-order chi connectivity index (χ1) is 8.99. The van der Waals surface area contributed by atoms with Crippen molar-refractivity contribution in [2.24, 2.45) is 0 Å².